The number of ketones is 1. The molecule has 0 aromatic heterocycles. The second-order valence-corrected chi connectivity index (χ2v) is 4.63. The largest absolute Gasteiger partial charge is 0.475 e. The number of carbonyl (C=O) groups is 1. The van der Waals surface area contributed by atoms with E-state index in [1.165, 1.54) is 6.92 Å². The molecule has 0 aromatic rings. The molecule has 1 unspecified atom stereocenters. The summed E-state index contributed by atoms with van der Waals surface area (Å²) in [6.07, 6.45) is -0.851. The maximum absolute atomic E-state index is 11.5. The van der Waals surface area contributed by atoms with E-state index in [-0.39, 0.29) is 19.0 Å². The average molecular weight is 220 g/mol. The van der Waals surface area contributed by atoms with E-state index in [1.54, 1.807) is 6.92 Å². The average Bonchev–Trinajstić information content (AvgIpc) is 2.50. The van der Waals surface area contributed by atoms with E-state index in [4.69, 9.17) is 13.6 Å². The van der Waals surface area contributed by atoms with Gasteiger partial charge >= 0.3 is 7.82 Å². The molecule has 1 aliphatic heterocycles. The molecule has 1 rings (SSSR count). The zero-order chi connectivity index (χ0) is 10.8. The number of phosphoric ester groups is 1. The van der Waals surface area contributed by atoms with Crippen molar-refractivity contribution in [1.82, 2.24) is 0 Å². The minimum absolute atomic E-state index is 0.227. The fraction of sp³-hybridized carbons (Fsp3) is 0.625. The first kappa shape index (κ1) is 11.6. The van der Waals surface area contributed by atoms with E-state index in [0.29, 0.717) is 5.57 Å². The highest BCUT2D eigenvalue weighted by Gasteiger charge is 2.35. The normalized spacial score (nSPS) is 21.9. The van der Waals surface area contributed by atoms with Gasteiger partial charge in [-0.3, -0.25) is 18.4 Å². The molecular weight excluding hydrogens is 207 g/mol. The van der Waals surface area contributed by atoms with Crippen LogP contribution in [0.3, 0.4) is 0 Å². The van der Waals surface area contributed by atoms with Crippen molar-refractivity contribution in [2.24, 2.45) is 0 Å². The predicted octanol–water partition coefficient (Wildman–Crippen LogP) is 1.69. The zero-order valence-electron chi connectivity index (χ0n) is 8.19. The van der Waals surface area contributed by atoms with Crippen molar-refractivity contribution in [1.29, 1.82) is 0 Å². The maximum atomic E-state index is 11.5. The van der Waals surface area contributed by atoms with E-state index in [0.717, 1.165) is 0 Å². The molecule has 6 heteroatoms. The van der Waals surface area contributed by atoms with Crippen LogP contribution in [0.1, 0.15) is 13.8 Å². The van der Waals surface area contributed by atoms with Crippen molar-refractivity contribution in [2.75, 3.05) is 13.2 Å². The standard InChI is InChI=1S/C8H13O5P/c1-6(2)8(9)7(3)13-14(10)11-4-5-12-14/h7H,1,4-5H2,2-3H3. The monoisotopic (exact) mass is 220 g/mol. The van der Waals surface area contributed by atoms with Crippen LogP contribution in [0.2, 0.25) is 0 Å². The summed E-state index contributed by atoms with van der Waals surface area (Å²) >= 11 is 0. The smallest absolute Gasteiger partial charge is 0.292 e. The van der Waals surface area contributed by atoms with Crippen LogP contribution < -0.4 is 0 Å². The lowest BCUT2D eigenvalue weighted by molar-refractivity contribution is -0.122. The van der Waals surface area contributed by atoms with Crippen LogP contribution in [0.15, 0.2) is 12.2 Å². The van der Waals surface area contributed by atoms with Gasteiger partial charge in [0.05, 0.1) is 13.2 Å². The molecule has 0 N–H and O–H groups in total. The maximum Gasteiger partial charge on any atom is 0.475 e. The van der Waals surface area contributed by atoms with Crippen molar-refractivity contribution in [2.45, 2.75) is 20.0 Å². The Hall–Kier alpha value is -0.480. The summed E-state index contributed by atoms with van der Waals surface area (Å²) in [5.41, 5.74) is 0.350. The second-order valence-electron chi connectivity index (χ2n) is 3.01. The molecule has 1 fully saturated rings. The SMILES string of the molecule is C=C(C)C(=O)C(C)OP1(=O)OCCO1. The summed E-state index contributed by atoms with van der Waals surface area (Å²) in [5.74, 6) is -0.306. The number of hydrogen-bond donors (Lipinski definition) is 0. The first-order valence-electron chi connectivity index (χ1n) is 4.22. The van der Waals surface area contributed by atoms with Crippen molar-refractivity contribution in [3.05, 3.63) is 12.2 Å². The van der Waals surface area contributed by atoms with E-state index in [9.17, 15) is 9.36 Å². The highest BCUT2D eigenvalue weighted by molar-refractivity contribution is 7.48. The molecule has 0 spiro atoms. The van der Waals surface area contributed by atoms with E-state index < -0.39 is 13.9 Å². The third kappa shape index (κ3) is 2.75. The van der Waals surface area contributed by atoms with Crippen LogP contribution in [0.4, 0.5) is 0 Å². The lowest BCUT2D eigenvalue weighted by Crippen LogP contribution is -2.20. The van der Waals surface area contributed by atoms with Crippen molar-refractivity contribution in [3.63, 3.8) is 0 Å². The first-order valence-corrected chi connectivity index (χ1v) is 5.68. The van der Waals surface area contributed by atoms with E-state index in [2.05, 4.69) is 6.58 Å². The lowest BCUT2D eigenvalue weighted by atomic mass is 10.1. The third-order valence-electron chi connectivity index (χ3n) is 1.66. The molecule has 1 atom stereocenters. The Labute approximate surface area is 82.7 Å². The molecule has 80 valence electrons. The van der Waals surface area contributed by atoms with Gasteiger partial charge in [0.2, 0.25) is 0 Å². The molecule has 1 saturated heterocycles. The van der Waals surface area contributed by atoms with Gasteiger partial charge in [-0.05, 0) is 19.4 Å². The summed E-state index contributed by atoms with van der Waals surface area (Å²) in [6, 6.07) is 0. The van der Waals surface area contributed by atoms with Gasteiger partial charge in [-0.1, -0.05) is 6.58 Å². The van der Waals surface area contributed by atoms with Gasteiger partial charge in [-0.15, -0.1) is 0 Å². The second kappa shape index (κ2) is 4.36. The Kier molecular flexibility index (Phi) is 3.61. The molecule has 0 saturated carbocycles. The highest BCUT2D eigenvalue weighted by atomic mass is 31.2. The Bertz CT molecular complexity index is 288. The quantitative estimate of drug-likeness (QED) is 0.533. The molecule has 0 radical (unpaired) electrons. The van der Waals surface area contributed by atoms with Gasteiger partial charge in [0.25, 0.3) is 0 Å². The van der Waals surface area contributed by atoms with E-state index in [1.807, 2.05) is 0 Å². The van der Waals surface area contributed by atoms with Crippen LogP contribution in [0.5, 0.6) is 0 Å². The van der Waals surface area contributed by atoms with Gasteiger partial charge in [0.1, 0.15) is 6.10 Å². The van der Waals surface area contributed by atoms with Crippen molar-refractivity contribution >= 4 is 13.6 Å². The minimum Gasteiger partial charge on any atom is -0.292 e. The molecule has 1 heterocycles. The number of hydrogen-bond acceptors (Lipinski definition) is 5. The van der Waals surface area contributed by atoms with Crippen LogP contribution >= 0.6 is 7.82 Å². The molecule has 0 amide bonds. The van der Waals surface area contributed by atoms with Gasteiger partial charge < -0.3 is 0 Å². The molecule has 0 aromatic carbocycles. The first-order chi connectivity index (χ1) is 6.44. The molecule has 14 heavy (non-hydrogen) atoms. The molecule has 0 aliphatic carbocycles. The number of carbonyl (C=O) groups excluding carboxylic acids is 1. The van der Waals surface area contributed by atoms with Crippen molar-refractivity contribution < 1.29 is 22.9 Å². The summed E-state index contributed by atoms with van der Waals surface area (Å²) in [5, 5.41) is 0. The number of phosphoric acid groups is 1. The summed E-state index contributed by atoms with van der Waals surface area (Å²) in [4.78, 5) is 11.3. The van der Waals surface area contributed by atoms with Gasteiger partial charge in [-0.2, -0.15) is 0 Å². The molecule has 0 bridgehead atoms. The molecule has 5 nitrogen and oxygen atoms in total. The number of Topliss-reactive ketones (excluding diaryl/α,β-unsaturated/α-hetero) is 1. The Balaban J connectivity index is 2.56. The Morgan fingerprint density at radius 3 is 2.43 bits per heavy atom. The summed E-state index contributed by atoms with van der Waals surface area (Å²) in [6.45, 7) is 6.98. The van der Waals surface area contributed by atoms with Crippen LogP contribution in [0.25, 0.3) is 0 Å². The summed E-state index contributed by atoms with van der Waals surface area (Å²) < 4.78 is 26.0. The summed E-state index contributed by atoms with van der Waals surface area (Å²) in [7, 11) is -3.48. The topological polar surface area (TPSA) is 61.8 Å². The van der Waals surface area contributed by atoms with Crippen molar-refractivity contribution in [3.8, 4) is 0 Å². The molecular formula is C8H13O5P. The Morgan fingerprint density at radius 1 is 1.50 bits per heavy atom. The van der Waals surface area contributed by atoms with Gasteiger partial charge in [0, 0.05) is 0 Å². The highest BCUT2D eigenvalue weighted by Crippen LogP contribution is 2.53. The van der Waals surface area contributed by atoms with Gasteiger partial charge in [0.15, 0.2) is 5.78 Å². The third-order valence-corrected chi connectivity index (χ3v) is 3.23. The molecule has 1 aliphatic rings. The predicted molar refractivity (Wildman–Crippen MR) is 49.9 cm³/mol. The van der Waals surface area contributed by atoms with Crippen LogP contribution in [0, 0.1) is 0 Å². The fourth-order valence-electron chi connectivity index (χ4n) is 0.985. The van der Waals surface area contributed by atoms with Gasteiger partial charge in [-0.25, -0.2) is 4.57 Å². The van der Waals surface area contributed by atoms with Crippen LogP contribution in [-0.2, 0) is 22.9 Å². The Morgan fingerprint density at radius 2 is 2.00 bits per heavy atom. The van der Waals surface area contributed by atoms with Crippen LogP contribution in [-0.4, -0.2) is 25.1 Å². The minimum atomic E-state index is -3.48. The number of rotatable bonds is 4. The fourth-order valence-corrected chi connectivity index (χ4v) is 2.26. The van der Waals surface area contributed by atoms with E-state index >= 15 is 0 Å². The lowest BCUT2D eigenvalue weighted by Gasteiger charge is -2.14. The zero-order valence-corrected chi connectivity index (χ0v) is 9.08.